The molecule has 4 nitrogen and oxygen atoms in total. The van der Waals surface area contributed by atoms with Crippen molar-refractivity contribution in [1.82, 2.24) is 0 Å². The maximum Gasteiger partial charge on any atom is 0.316 e. The number of benzene rings is 2. The SMILES string of the molecule is Cc1c(COc2ccccc2)cccc1NC(N)=O. The van der Waals surface area contributed by atoms with Crippen LogP contribution >= 0.6 is 0 Å². The molecule has 0 aliphatic carbocycles. The number of rotatable bonds is 4. The summed E-state index contributed by atoms with van der Waals surface area (Å²) in [4.78, 5) is 10.9. The summed E-state index contributed by atoms with van der Waals surface area (Å²) in [6.45, 7) is 2.37. The largest absolute Gasteiger partial charge is 0.489 e. The van der Waals surface area contributed by atoms with E-state index in [1.54, 1.807) is 0 Å². The van der Waals surface area contributed by atoms with Crippen molar-refractivity contribution in [1.29, 1.82) is 0 Å². The summed E-state index contributed by atoms with van der Waals surface area (Å²) in [5.41, 5.74) is 7.80. The van der Waals surface area contributed by atoms with E-state index in [1.165, 1.54) is 0 Å². The van der Waals surface area contributed by atoms with Gasteiger partial charge in [-0.2, -0.15) is 0 Å². The van der Waals surface area contributed by atoms with Gasteiger partial charge in [-0.05, 0) is 36.2 Å². The molecular formula is C15H16N2O2. The van der Waals surface area contributed by atoms with Crippen LogP contribution in [-0.4, -0.2) is 6.03 Å². The van der Waals surface area contributed by atoms with Crippen LogP contribution in [0.4, 0.5) is 10.5 Å². The van der Waals surface area contributed by atoms with E-state index in [1.807, 2.05) is 55.5 Å². The fraction of sp³-hybridized carbons (Fsp3) is 0.133. The summed E-state index contributed by atoms with van der Waals surface area (Å²) in [7, 11) is 0. The molecule has 0 aliphatic heterocycles. The zero-order valence-corrected chi connectivity index (χ0v) is 10.7. The van der Waals surface area contributed by atoms with E-state index in [4.69, 9.17) is 10.5 Å². The summed E-state index contributed by atoms with van der Waals surface area (Å²) in [6, 6.07) is 14.7. The van der Waals surface area contributed by atoms with Crippen molar-refractivity contribution in [2.45, 2.75) is 13.5 Å². The summed E-state index contributed by atoms with van der Waals surface area (Å²) in [5.74, 6) is 0.815. The highest BCUT2D eigenvalue weighted by Gasteiger charge is 2.06. The van der Waals surface area contributed by atoms with Gasteiger partial charge < -0.3 is 15.8 Å². The molecule has 2 aromatic carbocycles. The Bertz CT molecular complexity index is 568. The van der Waals surface area contributed by atoms with Crippen LogP contribution in [0.15, 0.2) is 48.5 Å². The Hall–Kier alpha value is -2.49. The molecule has 0 heterocycles. The van der Waals surface area contributed by atoms with Crippen LogP contribution in [0.2, 0.25) is 0 Å². The number of amides is 2. The number of hydrogen-bond acceptors (Lipinski definition) is 2. The van der Waals surface area contributed by atoms with E-state index >= 15 is 0 Å². The van der Waals surface area contributed by atoms with Gasteiger partial charge in [-0.1, -0.05) is 30.3 Å². The van der Waals surface area contributed by atoms with Gasteiger partial charge in [-0.3, -0.25) is 0 Å². The molecule has 0 spiro atoms. The third kappa shape index (κ3) is 3.48. The molecule has 0 unspecified atom stereocenters. The van der Waals surface area contributed by atoms with Gasteiger partial charge in [0.1, 0.15) is 12.4 Å². The summed E-state index contributed by atoms with van der Waals surface area (Å²) in [6.07, 6.45) is 0. The Morgan fingerprint density at radius 3 is 2.58 bits per heavy atom. The van der Waals surface area contributed by atoms with Gasteiger partial charge in [0, 0.05) is 5.69 Å². The minimum atomic E-state index is -0.566. The van der Waals surface area contributed by atoms with Crippen LogP contribution < -0.4 is 15.8 Å². The van der Waals surface area contributed by atoms with Crippen molar-refractivity contribution in [2.24, 2.45) is 5.73 Å². The van der Waals surface area contributed by atoms with E-state index in [9.17, 15) is 4.79 Å². The first-order chi connectivity index (χ1) is 9.16. The lowest BCUT2D eigenvalue weighted by Gasteiger charge is -2.12. The number of ether oxygens (including phenoxy) is 1. The number of anilines is 1. The van der Waals surface area contributed by atoms with Gasteiger partial charge >= 0.3 is 6.03 Å². The van der Waals surface area contributed by atoms with E-state index < -0.39 is 6.03 Å². The molecule has 0 atom stereocenters. The minimum absolute atomic E-state index is 0.449. The van der Waals surface area contributed by atoms with E-state index in [2.05, 4.69) is 5.32 Å². The van der Waals surface area contributed by atoms with Gasteiger partial charge in [0.2, 0.25) is 0 Å². The molecule has 0 aromatic heterocycles. The van der Waals surface area contributed by atoms with Crippen LogP contribution in [0.1, 0.15) is 11.1 Å². The third-order valence-electron chi connectivity index (χ3n) is 2.84. The van der Waals surface area contributed by atoms with Crippen LogP contribution in [0, 0.1) is 6.92 Å². The Labute approximate surface area is 112 Å². The van der Waals surface area contributed by atoms with Crippen LogP contribution in [0.25, 0.3) is 0 Å². The molecule has 98 valence electrons. The Morgan fingerprint density at radius 1 is 1.16 bits per heavy atom. The zero-order valence-electron chi connectivity index (χ0n) is 10.7. The number of primary amides is 1. The molecule has 0 radical (unpaired) electrons. The van der Waals surface area contributed by atoms with Gasteiger partial charge in [0.25, 0.3) is 0 Å². The highest BCUT2D eigenvalue weighted by molar-refractivity contribution is 5.88. The summed E-state index contributed by atoms with van der Waals surface area (Å²) in [5, 5.41) is 2.59. The highest BCUT2D eigenvalue weighted by atomic mass is 16.5. The smallest absolute Gasteiger partial charge is 0.316 e. The quantitative estimate of drug-likeness (QED) is 0.883. The molecular weight excluding hydrogens is 240 g/mol. The van der Waals surface area contributed by atoms with E-state index in [0.717, 1.165) is 16.9 Å². The number of hydrogen-bond donors (Lipinski definition) is 2. The average Bonchev–Trinajstić information content (AvgIpc) is 2.40. The predicted octanol–water partition coefficient (Wildman–Crippen LogP) is 3.06. The molecule has 3 N–H and O–H groups in total. The molecule has 2 amide bonds. The third-order valence-corrected chi connectivity index (χ3v) is 2.84. The van der Waals surface area contributed by atoms with E-state index in [0.29, 0.717) is 12.3 Å². The van der Waals surface area contributed by atoms with Gasteiger partial charge in [-0.25, -0.2) is 4.79 Å². The molecule has 2 rings (SSSR count). The predicted molar refractivity (Wildman–Crippen MR) is 75.2 cm³/mol. The number of carbonyl (C=O) groups is 1. The lowest BCUT2D eigenvalue weighted by Crippen LogP contribution is -2.20. The monoisotopic (exact) mass is 256 g/mol. The molecule has 0 saturated carbocycles. The Morgan fingerprint density at radius 2 is 1.89 bits per heavy atom. The van der Waals surface area contributed by atoms with Crippen LogP contribution in [-0.2, 0) is 6.61 Å². The number of para-hydroxylation sites is 1. The second-order valence-corrected chi connectivity index (χ2v) is 4.18. The molecule has 2 aromatic rings. The van der Waals surface area contributed by atoms with Crippen molar-refractivity contribution >= 4 is 11.7 Å². The van der Waals surface area contributed by atoms with Crippen molar-refractivity contribution in [3.63, 3.8) is 0 Å². The van der Waals surface area contributed by atoms with Gasteiger partial charge in [-0.15, -0.1) is 0 Å². The van der Waals surface area contributed by atoms with Crippen molar-refractivity contribution in [3.8, 4) is 5.75 Å². The lowest BCUT2D eigenvalue weighted by atomic mass is 10.1. The first kappa shape index (κ1) is 13.0. The normalized spacial score (nSPS) is 9.95. The second-order valence-electron chi connectivity index (χ2n) is 4.18. The van der Waals surface area contributed by atoms with Crippen molar-refractivity contribution in [3.05, 3.63) is 59.7 Å². The Kier molecular flexibility index (Phi) is 4.03. The maximum atomic E-state index is 10.9. The second kappa shape index (κ2) is 5.91. The molecule has 0 saturated heterocycles. The molecule has 0 aliphatic rings. The zero-order chi connectivity index (χ0) is 13.7. The minimum Gasteiger partial charge on any atom is -0.489 e. The van der Waals surface area contributed by atoms with Crippen LogP contribution in [0.3, 0.4) is 0 Å². The average molecular weight is 256 g/mol. The van der Waals surface area contributed by atoms with E-state index in [-0.39, 0.29) is 0 Å². The maximum absolute atomic E-state index is 10.9. The fourth-order valence-corrected chi connectivity index (χ4v) is 1.79. The standard InChI is InChI=1S/C15H16N2O2/c1-11-12(6-5-9-14(11)17-15(16)18)10-19-13-7-3-2-4-8-13/h2-9H,10H2,1H3,(H3,16,17,18). The first-order valence-electron chi connectivity index (χ1n) is 5.99. The summed E-state index contributed by atoms with van der Waals surface area (Å²) >= 11 is 0. The molecule has 19 heavy (non-hydrogen) atoms. The van der Waals surface area contributed by atoms with Gasteiger partial charge in [0.05, 0.1) is 0 Å². The number of nitrogens with one attached hydrogen (secondary N) is 1. The molecule has 4 heteroatoms. The summed E-state index contributed by atoms with van der Waals surface area (Å²) < 4.78 is 5.69. The van der Waals surface area contributed by atoms with Crippen molar-refractivity contribution < 1.29 is 9.53 Å². The molecule has 0 bridgehead atoms. The fourth-order valence-electron chi connectivity index (χ4n) is 1.79. The highest BCUT2D eigenvalue weighted by Crippen LogP contribution is 2.20. The number of carbonyl (C=O) groups excluding carboxylic acids is 1. The van der Waals surface area contributed by atoms with Gasteiger partial charge in [0.15, 0.2) is 0 Å². The lowest BCUT2D eigenvalue weighted by molar-refractivity contribution is 0.259. The Balaban J connectivity index is 2.10. The number of nitrogens with two attached hydrogens (primary N) is 1. The van der Waals surface area contributed by atoms with Crippen molar-refractivity contribution in [2.75, 3.05) is 5.32 Å². The number of urea groups is 1. The molecule has 0 fully saturated rings. The van der Waals surface area contributed by atoms with Crippen LogP contribution in [0.5, 0.6) is 5.75 Å². The topological polar surface area (TPSA) is 64.3 Å². The first-order valence-corrected chi connectivity index (χ1v) is 5.99.